The van der Waals surface area contributed by atoms with Crippen LogP contribution in [0, 0.1) is 5.82 Å². The Morgan fingerprint density at radius 3 is 2.69 bits per heavy atom. The molecule has 1 aliphatic heterocycles. The van der Waals surface area contributed by atoms with Gasteiger partial charge in [0.15, 0.2) is 0 Å². The Morgan fingerprint density at radius 1 is 1.31 bits per heavy atom. The van der Waals surface area contributed by atoms with Crippen molar-refractivity contribution in [1.29, 1.82) is 0 Å². The summed E-state index contributed by atoms with van der Waals surface area (Å²) >= 11 is 0. The van der Waals surface area contributed by atoms with Crippen molar-refractivity contribution < 1.29 is 27.1 Å². The van der Waals surface area contributed by atoms with Gasteiger partial charge in [-0.25, -0.2) is 22.6 Å². The Morgan fingerprint density at radius 2 is 2.07 bits per heavy atom. The number of alkyl halides is 3. The summed E-state index contributed by atoms with van der Waals surface area (Å²) in [5, 5.41) is 2.51. The summed E-state index contributed by atoms with van der Waals surface area (Å²) in [5.41, 5.74) is 4.01. The fourth-order valence-electron chi connectivity index (χ4n) is 2.82. The molecule has 3 rings (SSSR count). The lowest BCUT2D eigenvalue weighted by Crippen LogP contribution is -2.31. The third kappa shape index (κ3) is 4.36. The molecule has 0 spiro atoms. The zero-order chi connectivity index (χ0) is 21.2. The zero-order valence-corrected chi connectivity index (χ0v) is 15.1. The van der Waals surface area contributed by atoms with E-state index in [9.17, 15) is 22.4 Å². The van der Waals surface area contributed by atoms with E-state index in [0.29, 0.717) is 0 Å². The molecule has 3 N–H and O–H groups in total. The lowest BCUT2D eigenvalue weighted by atomic mass is 9.90. The first-order chi connectivity index (χ1) is 13.7. The average molecular weight is 408 g/mol. The van der Waals surface area contributed by atoms with Crippen LogP contribution in [0.25, 0.3) is 0 Å². The molecule has 0 bridgehead atoms. The van der Waals surface area contributed by atoms with Gasteiger partial charge in [0, 0.05) is 23.0 Å². The van der Waals surface area contributed by atoms with E-state index in [4.69, 9.17) is 10.5 Å². The van der Waals surface area contributed by atoms with Crippen LogP contribution in [0.15, 0.2) is 53.4 Å². The summed E-state index contributed by atoms with van der Waals surface area (Å²) in [4.78, 5) is 20.1. The molecule has 152 valence electrons. The largest absolute Gasteiger partial charge is 0.428 e. The summed E-state index contributed by atoms with van der Waals surface area (Å²) in [6.45, 7) is 0.552. The number of nitrogens with zero attached hydrogens (tertiary/aromatic N) is 2. The number of ether oxygens (including phenoxy) is 1. The Hall–Kier alpha value is -3.43. The van der Waals surface area contributed by atoms with Crippen LogP contribution in [0.1, 0.15) is 35.0 Å². The van der Waals surface area contributed by atoms with Crippen LogP contribution >= 0.6 is 0 Å². The number of rotatable bonds is 5. The second-order valence-corrected chi connectivity index (χ2v) is 6.37. The number of amides is 1. The first-order valence-electron chi connectivity index (χ1n) is 8.38. The van der Waals surface area contributed by atoms with Crippen molar-refractivity contribution in [3.63, 3.8) is 0 Å². The molecular weight excluding hydrogens is 392 g/mol. The monoisotopic (exact) mass is 408 g/mol. The van der Waals surface area contributed by atoms with Crippen molar-refractivity contribution in [3.05, 3.63) is 71.0 Å². The van der Waals surface area contributed by atoms with Gasteiger partial charge in [-0.05, 0) is 43.3 Å². The minimum absolute atomic E-state index is 0.0218. The van der Waals surface area contributed by atoms with E-state index in [1.165, 1.54) is 25.1 Å². The number of hydrogen-bond acceptors (Lipinski definition) is 5. The SMILES string of the molecule is C[C@@]1(c2cc(NC(=O)c3ccc(C(F)F)cn3)ccc2F)C=C(CF)OC(N)=N1. The van der Waals surface area contributed by atoms with Gasteiger partial charge in [-0.2, -0.15) is 0 Å². The number of aliphatic imine (C=N–C) groups is 1. The van der Waals surface area contributed by atoms with E-state index in [0.717, 1.165) is 24.4 Å². The number of nitrogens with one attached hydrogen (secondary N) is 1. The molecule has 0 saturated heterocycles. The van der Waals surface area contributed by atoms with Crippen LogP contribution in [0.4, 0.5) is 23.2 Å². The van der Waals surface area contributed by atoms with Gasteiger partial charge in [-0.1, -0.05) is 0 Å². The summed E-state index contributed by atoms with van der Waals surface area (Å²) < 4.78 is 57.6. The molecule has 2 heterocycles. The summed E-state index contributed by atoms with van der Waals surface area (Å²) in [6, 6.07) is 5.65. The van der Waals surface area contributed by atoms with Crippen LogP contribution in [-0.2, 0) is 10.3 Å². The molecule has 1 amide bonds. The Bertz CT molecular complexity index is 992. The number of halogens is 4. The Balaban J connectivity index is 1.88. The zero-order valence-electron chi connectivity index (χ0n) is 15.1. The van der Waals surface area contributed by atoms with Crippen molar-refractivity contribution in [2.75, 3.05) is 12.0 Å². The summed E-state index contributed by atoms with van der Waals surface area (Å²) in [5.74, 6) is -1.45. The quantitative estimate of drug-likeness (QED) is 0.736. The molecule has 0 unspecified atom stereocenters. The van der Waals surface area contributed by atoms with E-state index >= 15 is 0 Å². The van der Waals surface area contributed by atoms with Gasteiger partial charge >= 0.3 is 0 Å². The molecule has 10 heteroatoms. The first kappa shape index (κ1) is 20.3. The molecule has 6 nitrogen and oxygen atoms in total. The minimum Gasteiger partial charge on any atom is -0.428 e. The summed E-state index contributed by atoms with van der Waals surface area (Å²) in [7, 11) is 0. The van der Waals surface area contributed by atoms with Gasteiger partial charge in [0.05, 0.1) is 0 Å². The van der Waals surface area contributed by atoms with E-state index < -0.39 is 30.4 Å². The van der Waals surface area contributed by atoms with Crippen molar-refractivity contribution in [3.8, 4) is 0 Å². The number of nitrogens with two attached hydrogens (primary N) is 1. The molecule has 29 heavy (non-hydrogen) atoms. The normalized spacial score (nSPS) is 18.7. The summed E-state index contributed by atoms with van der Waals surface area (Å²) in [6.07, 6.45) is -0.507. The fourth-order valence-corrected chi connectivity index (χ4v) is 2.82. The van der Waals surface area contributed by atoms with Crippen molar-refractivity contribution in [1.82, 2.24) is 4.98 Å². The molecule has 1 aromatic heterocycles. The van der Waals surface area contributed by atoms with Gasteiger partial charge in [0.2, 0.25) is 0 Å². The number of hydrogen-bond donors (Lipinski definition) is 2. The first-order valence-corrected chi connectivity index (χ1v) is 8.38. The number of benzene rings is 1. The van der Waals surface area contributed by atoms with Crippen molar-refractivity contribution in [2.24, 2.45) is 10.7 Å². The molecule has 0 fully saturated rings. The van der Waals surface area contributed by atoms with Crippen molar-refractivity contribution >= 4 is 17.6 Å². The number of anilines is 1. The molecule has 2 aromatic rings. The van der Waals surface area contributed by atoms with Gasteiger partial charge in [-0.15, -0.1) is 0 Å². The number of allylic oxidation sites excluding steroid dienone is 1. The van der Waals surface area contributed by atoms with Crippen LogP contribution in [0.5, 0.6) is 0 Å². The lowest BCUT2D eigenvalue weighted by Gasteiger charge is -2.28. The van der Waals surface area contributed by atoms with Crippen LogP contribution in [0.2, 0.25) is 0 Å². The maximum absolute atomic E-state index is 14.5. The molecule has 1 atom stereocenters. The number of pyridine rings is 1. The number of carbonyl (C=O) groups is 1. The van der Waals surface area contributed by atoms with E-state index in [1.54, 1.807) is 0 Å². The molecule has 0 saturated carbocycles. The van der Waals surface area contributed by atoms with Gasteiger partial charge in [-0.3, -0.25) is 9.78 Å². The van der Waals surface area contributed by atoms with Gasteiger partial charge in [0.25, 0.3) is 18.4 Å². The van der Waals surface area contributed by atoms with Gasteiger partial charge < -0.3 is 15.8 Å². The standard InChI is InChI=1S/C19H16F4N4O2/c1-19(7-12(8-20)29-18(24)27-19)13-6-11(3-4-14(13)21)26-17(28)15-5-2-10(9-25-15)16(22)23/h2-7,9,16H,8H2,1H3,(H2,24,27)(H,26,28)/t19-/m0/s1. The third-order valence-electron chi connectivity index (χ3n) is 4.19. The average Bonchev–Trinajstić information content (AvgIpc) is 2.68. The molecule has 0 aliphatic carbocycles. The second-order valence-electron chi connectivity index (χ2n) is 6.37. The van der Waals surface area contributed by atoms with Gasteiger partial charge in [0.1, 0.15) is 29.5 Å². The highest BCUT2D eigenvalue weighted by Crippen LogP contribution is 2.35. The highest BCUT2D eigenvalue weighted by molar-refractivity contribution is 6.02. The number of carbonyl (C=O) groups excluding carboxylic acids is 1. The molecule has 1 aliphatic rings. The lowest BCUT2D eigenvalue weighted by molar-refractivity contribution is 0.102. The second kappa shape index (κ2) is 7.90. The fraction of sp³-hybridized carbons (Fsp3) is 0.211. The van der Waals surface area contributed by atoms with Crippen LogP contribution in [0.3, 0.4) is 0 Å². The van der Waals surface area contributed by atoms with Crippen LogP contribution < -0.4 is 11.1 Å². The molecular formula is C19H16F4N4O2. The number of amidine groups is 1. The minimum atomic E-state index is -2.70. The Labute approximate surface area is 163 Å². The Kier molecular flexibility index (Phi) is 5.53. The van der Waals surface area contributed by atoms with Crippen molar-refractivity contribution in [2.45, 2.75) is 18.9 Å². The number of aromatic nitrogens is 1. The van der Waals surface area contributed by atoms with Crippen LogP contribution in [-0.4, -0.2) is 23.6 Å². The van der Waals surface area contributed by atoms with E-state index in [2.05, 4.69) is 15.3 Å². The predicted molar refractivity (Wildman–Crippen MR) is 97.7 cm³/mol. The molecule has 0 radical (unpaired) electrons. The maximum Gasteiger partial charge on any atom is 0.288 e. The van der Waals surface area contributed by atoms with E-state index in [1.807, 2.05) is 0 Å². The highest BCUT2D eigenvalue weighted by Gasteiger charge is 2.32. The smallest absolute Gasteiger partial charge is 0.288 e. The third-order valence-corrected chi connectivity index (χ3v) is 4.19. The highest BCUT2D eigenvalue weighted by atomic mass is 19.3. The van der Waals surface area contributed by atoms with E-state index in [-0.39, 0.29) is 34.3 Å². The topological polar surface area (TPSA) is 89.6 Å². The maximum atomic E-state index is 14.5. The predicted octanol–water partition coefficient (Wildman–Crippen LogP) is 3.82. The molecule has 1 aromatic carbocycles.